The monoisotopic (exact) mass is 314 g/mol. The molecule has 1 aromatic carbocycles. The largest absolute Gasteiger partial charge is 0.467 e. The second-order valence-corrected chi connectivity index (χ2v) is 4.84. The summed E-state index contributed by atoms with van der Waals surface area (Å²) in [5.41, 5.74) is 1.73. The van der Waals surface area contributed by atoms with E-state index in [1.54, 1.807) is 24.5 Å². The second kappa shape index (κ2) is 8.53. The number of ether oxygens (including phenoxy) is 2. The van der Waals surface area contributed by atoms with Crippen molar-refractivity contribution in [2.24, 2.45) is 0 Å². The maximum atomic E-state index is 11.9. The van der Waals surface area contributed by atoms with Crippen LogP contribution in [0.3, 0.4) is 0 Å². The van der Waals surface area contributed by atoms with Crippen molar-refractivity contribution in [3.63, 3.8) is 0 Å². The standard InChI is InChI=1S/C17H18N2O4/c1-22-16(20)15(11-13-5-3-2-4-6-13)19-17(21)23-12-14-7-9-18-10-8-14/h2-10,15H,11-12H2,1H3,(H,19,21)/t15-/m0/s1. The number of amides is 1. The van der Waals surface area contributed by atoms with Gasteiger partial charge in [-0.25, -0.2) is 9.59 Å². The first-order valence-corrected chi connectivity index (χ1v) is 7.13. The van der Waals surface area contributed by atoms with Crippen molar-refractivity contribution in [3.05, 3.63) is 66.0 Å². The number of hydrogen-bond acceptors (Lipinski definition) is 5. The number of methoxy groups -OCH3 is 1. The van der Waals surface area contributed by atoms with Crippen molar-refractivity contribution in [2.75, 3.05) is 7.11 Å². The molecule has 0 bridgehead atoms. The molecule has 0 spiro atoms. The van der Waals surface area contributed by atoms with Crippen molar-refractivity contribution < 1.29 is 19.1 Å². The van der Waals surface area contributed by atoms with Gasteiger partial charge in [0.05, 0.1) is 7.11 Å². The number of esters is 1. The van der Waals surface area contributed by atoms with Crippen LogP contribution in [-0.4, -0.2) is 30.2 Å². The molecule has 2 rings (SSSR count). The van der Waals surface area contributed by atoms with Crippen molar-refractivity contribution in [3.8, 4) is 0 Å². The molecule has 1 N–H and O–H groups in total. The minimum Gasteiger partial charge on any atom is -0.467 e. The third-order valence-electron chi connectivity index (χ3n) is 3.18. The van der Waals surface area contributed by atoms with Gasteiger partial charge in [0, 0.05) is 18.8 Å². The topological polar surface area (TPSA) is 77.5 Å². The lowest BCUT2D eigenvalue weighted by atomic mass is 10.1. The van der Waals surface area contributed by atoms with Crippen LogP contribution in [0.15, 0.2) is 54.9 Å². The second-order valence-electron chi connectivity index (χ2n) is 4.84. The molecule has 0 aliphatic rings. The SMILES string of the molecule is COC(=O)[C@H](Cc1ccccc1)NC(=O)OCc1ccncc1. The Balaban J connectivity index is 1.91. The minimum atomic E-state index is -0.799. The highest BCUT2D eigenvalue weighted by Crippen LogP contribution is 2.05. The van der Waals surface area contributed by atoms with Crippen LogP contribution in [0.4, 0.5) is 4.79 Å². The summed E-state index contributed by atoms with van der Waals surface area (Å²) in [6, 6.07) is 12.1. The summed E-state index contributed by atoms with van der Waals surface area (Å²) in [6.45, 7) is 0.105. The van der Waals surface area contributed by atoms with E-state index in [9.17, 15) is 9.59 Å². The highest BCUT2D eigenvalue weighted by molar-refractivity contribution is 5.81. The van der Waals surface area contributed by atoms with Gasteiger partial charge in [-0.1, -0.05) is 30.3 Å². The number of hydrogen-bond donors (Lipinski definition) is 1. The Morgan fingerprint density at radius 1 is 1.09 bits per heavy atom. The number of benzene rings is 1. The van der Waals surface area contributed by atoms with Crippen LogP contribution in [0.25, 0.3) is 0 Å². The zero-order chi connectivity index (χ0) is 16.5. The molecule has 120 valence electrons. The molecule has 0 fully saturated rings. The maximum absolute atomic E-state index is 11.9. The molecular formula is C17H18N2O4. The molecule has 0 radical (unpaired) electrons. The Bertz CT molecular complexity index is 632. The van der Waals surface area contributed by atoms with Gasteiger partial charge < -0.3 is 14.8 Å². The van der Waals surface area contributed by atoms with Gasteiger partial charge in [0.1, 0.15) is 12.6 Å². The third kappa shape index (κ3) is 5.43. The maximum Gasteiger partial charge on any atom is 0.408 e. The van der Waals surface area contributed by atoms with Crippen LogP contribution in [-0.2, 0) is 27.3 Å². The van der Waals surface area contributed by atoms with Crippen LogP contribution in [0.1, 0.15) is 11.1 Å². The van der Waals surface area contributed by atoms with E-state index in [1.807, 2.05) is 30.3 Å². The van der Waals surface area contributed by atoms with Gasteiger partial charge in [0.15, 0.2) is 0 Å². The minimum absolute atomic E-state index is 0.105. The quantitative estimate of drug-likeness (QED) is 0.826. The van der Waals surface area contributed by atoms with Crippen molar-refractivity contribution in [2.45, 2.75) is 19.1 Å². The van der Waals surface area contributed by atoms with E-state index in [4.69, 9.17) is 9.47 Å². The van der Waals surface area contributed by atoms with E-state index in [-0.39, 0.29) is 6.61 Å². The van der Waals surface area contributed by atoms with Gasteiger partial charge in [0.2, 0.25) is 0 Å². The zero-order valence-corrected chi connectivity index (χ0v) is 12.8. The molecule has 0 saturated carbocycles. The summed E-state index contributed by atoms with van der Waals surface area (Å²) in [5.74, 6) is -0.519. The smallest absolute Gasteiger partial charge is 0.408 e. The lowest BCUT2D eigenvalue weighted by Crippen LogP contribution is -2.43. The third-order valence-corrected chi connectivity index (χ3v) is 3.18. The summed E-state index contributed by atoms with van der Waals surface area (Å²) < 4.78 is 9.84. The molecule has 0 saturated heterocycles. The van der Waals surface area contributed by atoms with Gasteiger partial charge in [-0.15, -0.1) is 0 Å². The molecule has 0 unspecified atom stereocenters. The van der Waals surface area contributed by atoms with Crippen LogP contribution in [0, 0.1) is 0 Å². The molecule has 0 aliphatic carbocycles. The Hall–Kier alpha value is -2.89. The summed E-state index contributed by atoms with van der Waals surface area (Å²) in [5, 5.41) is 2.54. The number of carbonyl (C=O) groups is 2. The Morgan fingerprint density at radius 2 is 1.78 bits per heavy atom. The van der Waals surface area contributed by atoms with Crippen LogP contribution < -0.4 is 5.32 Å². The van der Waals surface area contributed by atoms with E-state index in [1.165, 1.54) is 7.11 Å². The number of carbonyl (C=O) groups excluding carboxylic acids is 2. The fraction of sp³-hybridized carbons (Fsp3) is 0.235. The van der Waals surface area contributed by atoms with Crippen molar-refractivity contribution >= 4 is 12.1 Å². The molecule has 6 heteroatoms. The van der Waals surface area contributed by atoms with E-state index >= 15 is 0 Å². The Labute approximate surface area is 134 Å². The number of pyridine rings is 1. The summed E-state index contributed by atoms with van der Waals surface area (Å²) in [7, 11) is 1.28. The van der Waals surface area contributed by atoms with Gasteiger partial charge in [-0.05, 0) is 23.3 Å². The lowest BCUT2D eigenvalue weighted by Gasteiger charge is -2.16. The molecule has 2 aromatic rings. The van der Waals surface area contributed by atoms with Gasteiger partial charge in [0.25, 0.3) is 0 Å². The molecule has 1 amide bonds. The number of aromatic nitrogens is 1. The zero-order valence-electron chi connectivity index (χ0n) is 12.8. The molecule has 1 heterocycles. The normalized spacial score (nSPS) is 11.3. The predicted octanol–water partition coefficient (Wildman–Crippen LogP) is 2.09. The molecule has 0 aliphatic heterocycles. The Morgan fingerprint density at radius 3 is 2.43 bits per heavy atom. The number of nitrogens with one attached hydrogen (secondary N) is 1. The van der Waals surface area contributed by atoms with Gasteiger partial charge in [-0.3, -0.25) is 4.98 Å². The summed E-state index contributed by atoms with van der Waals surface area (Å²) >= 11 is 0. The van der Waals surface area contributed by atoms with E-state index < -0.39 is 18.1 Å². The van der Waals surface area contributed by atoms with Gasteiger partial charge >= 0.3 is 12.1 Å². The summed E-state index contributed by atoms with van der Waals surface area (Å²) in [4.78, 5) is 27.6. The Kier molecular flexibility index (Phi) is 6.11. The molecule has 6 nitrogen and oxygen atoms in total. The lowest BCUT2D eigenvalue weighted by molar-refractivity contribution is -0.143. The molecule has 23 heavy (non-hydrogen) atoms. The first-order chi connectivity index (χ1) is 11.2. The van der Waals surface area contributed by atoms with E-state index in [0.29, 0.717) is 6.42 Å². The molecular weight excluding hydrogens is 296 g/mol. The fourth-order valence-electron chi connectivity index (χ4n) is 2.00. The number of rotatable bonds is 6. The van der Waals surface area contributed by atoms with Crippen molar-refractivity contribution in [1.82, 2.24) is 10.3 Å². The summed E-state index contributed by atoms with van der Waals surface area (Å²) in [6.07, 6.45) is 2.89. The number of nitrogens with zero attached hydrogens (tertiary/aromatic N) is 1. The first kappa shape index (κ1) is 16.5. The van der Waals surface area contributed by atoms with Gasteiger partial charge in [-0.2, -0.15) is 0 Å². The van der Waals surface area contributed by atoms with Crippen LogP contribution in [0.2, 0.25) is 0 Å². The predicted molar refractivity (Wildman–Crippen MR) is 83.5 cm³/mol. The van der Waals surface area contributed by atoms with Crippen molar-refractivity contribution in [1.29, 1.82) is 0 Å². The van der Waals surface area contributed by atoms with E-state index in [2.05, 4.69) is 10.3 Å². The van der Waals surface area contributed by atoms with Crippen LogP contribution >= 0.6 is 0 Å². The molecule has 1 atom stereocenters. The molecule has 1 aromatic heterocycles. The highest BCUT2D eigenvalue weighted by atomic mass is 16.6. The first-order valence-electron chi connectivity index (χ1n) is 7.13. The number of alkyl carbamates (subject to hydrolysis) is 1. The van der Waals surface area contributed by atoms with E-state index in [0.717, 1.165) is 11.1 Å². The average molecular weight is 314 g/mol. The average Bonchev–Trinajstić information content (AvgIpc) is 2.60. The highest BCUT2D eigenvalue weighted by Gasteiger charge is 2.22. The fourth-order valence-corrected chi connectivity index (χ4v) is 2.00. The van der Waals surface area contributed by atoms with Crippen LogP contribution in [0.5, 0.6) is 0 Å².